The molecule has 1 aromatic carbocycles. The lowest BCUT2D eigenvalue weighted by atomic mass is 9.77. The topological polar surface area (TPSA) is 58.6 Å². The van der Waals surface area contributed by atoms with Crippen molar-refractivity contribution in [2.45, 2.75) is 38.0 Å². The second-order valence-electron chi connectivity index (χ2n) is 7.33. The number of carbonyl (C=O) groups is 2. The Morgan fingerprint density at radius 1 is 1.42 bits per heavy atom. The van der Waals surface area contributed by atoms with E-state index >= 15 is 0 Å². The van der Waals surface area contributed by atoms with Gasteiger partial charge in [0.1, 0.15) is 5.60 Å². The molecule has 0 aromatic heterocycles. The molecular weight excluding hydrogens is 352 g/mol. The van der Waals surface area contributed by atoms with Gasteiger partial charge in [-0.15, -0.1) is 0 Å². The zero-order valence-electron chi connectivity index (χ0n) is 14.8. The Morgan fingerprint density at radius 2 is 2.23 bits per heavy atom. The Bertz CT molecular complexity index is 765. The maximum Gasteiger partial charge on any atom is 0.230 e. The lowest BCUT2D eigenvalue weighted by molar-refractivity contribution is -0.137. The Labute approximate surface area is 158 Å². The largest absolute Gasteiger partial charge is 0.360 e. The molecule has 1 N–H and O–H groups in total. The summed E-state index contributed by atoms with van der Waals surface area (Å²) in [5.41, 5.74) is 0.233. The van der Waals surface area contributed by atoms with Crippen molar-refractivity contribution in [1.29, 1.82) is 0 Å². The van der Waals surface area contributed by atoms with Gasteiger partial charge in [0.2, 0.25) is 11.8 Å². The molecule has 26 heavy (non-hydrogen) atoms. The Morgan fingerprint density at radius 3 is 3.00 bits per heavy atom. The van der Waals surface area contributed by atoms with Gasteiger partial charge >= 0.3 is 0 Å². The van der Waals surface area contributed by atoms with Gasteiger partial charge in [0.05, 0.1) is 24.5 Å². The number of hydrogen-bond acceptors (Lipinski definition) is 3. The van der Waals surface area contributed by atoms with Gasteiger partial charge in [-0.25, -0.2) is 0 Å². The molecule has 0 saturated carbocycles. The second kappa shape index (κ2) is 6.71. The summed E-state index contributed by atoms with van der Waals surface area (Å²) < 4.78 is 6.13. The predicted octanol–water partition coefficient (Wildman–Crippen LogP) is 2.54. The van der Waals surface area contributed by atoms with Crippen LogP contribution in [-0.2, 0) is 20.9 Å². The molecule has 2 amide bonds. The van der Waals surface area contributed by atoms with Crippen LogP contribution in [0.5, 0.6) is 0 Å². The summed E-state index contributed by atoms with van der Waals surface area (Å²) in [6.07, 6.45) is 5.56. The summed E-state index contributed by atoms with van der Waals surface area (Å²) in [4.78, 5) is 27.6. The first-order valence-electron chi connectivity index (χ1n) is 9.23. The zero-order chi connectivity index (χ0) is 18.3. The average molecular weight is 375 g/mol. The molecule has 3 aliphatic rings. The number of nitrogens with zero attached hydrogens (tertiary/aromatic N) is 1. The number of fused-ring (bicyclic) bond motifs is 1. The molecule has 0 aliphatic carbocycles. The highest BCUT2D eigenvalue weighted by molar-refractivity contribution is 6.31. The van der Waals surface area contributed by atoms with E-state index in [1.54, 1.807) is 4.90 Å². The summed E-state index contributed by atoms with van der Waals surface area (Å²) in [5, 5.41) is 3.61. The standard InChI is InChI=1S/C20H23ClN2O3/c1-2-3-10-22-18(24)16-15-8-9-20(26-15)12-23(19(25)17(16)20)11-13-6-4-5-7-14(13)21/h4-9,15-17H,2-3,10-12H2,1H3,(H,22,24)/t15-,16+,17-,20+/m1/s1. The molecule has 0 radical (unpaired) electrons. The summed E-state index contributed by atoms with van der Waals surface area (Å²) in [5.74, 6) is -0.984. The summed E-state index contributed by atoms with van der Waals surface area (Å²) >= 11 is 6.25. The zero-order valence-corrected chi connectivity index (χ0v) is 15.5. The molecule has 4 rings (SSSR count). The molecule has 3 heterocycles. The van der Waals surface area contributed by atoms with Crippen LogP contribution in [0, 0.1) is 11.8 Å². The van der Waals surface area contributed by atoms with Crippen molar-refractivity contribution in [2.24, 2.45) is 11.8 Å². The number of ether oxygens (including phenoxy) is 1. The van der Waals surface area contributed by atoms with E-state index in [-0.39, 0.29) is 17.9 Å². The van der Waals surface area contributed by atoms with Crippen molar-refractivity contribution in [3.63, 3.8) is 0 Å². The van der Waals surface area contributed by atoms with E-state index in [1.165, 1.54) is 0 Å². The van der Waals surface area contributed by atoms with Crippen molar-refractivity contribution in [1.82, 2.24) is 10.2 Å². The molecular formula is C20H23ClN2O3. The normalized spacial score (nSPS) is 31.5. The predicted molar refractivity (Wildman–Crippen MR) is 98.5 cm³/mol. The highest BCUT2D eigenvalue weighted by Gasteiger charge is 2.66. The molecule has 0 unspecified atom stereocenters. The van der Waals surface area contributed by atoms with Crippen molar-refractivity contribution in [2.75, 3.05) is 13.1 Å². The van der Waals surface area contributed by atoms with E-state index in [9.17, 15) is 9.59 Å². The average Bonchev–Trinajstić information content (AvgIpc) is 3.26. The van der Waals surface area contributed by atoms with Gasteiger partial charge in [-0.1, -0.05) is 55.3 Å². The van der Waals surface area contributed by atoms with Crippen LogP contribution in [0.3, 0.4) is 0 Å². The SMILES string of the molecule is CCCCNC(=O)[C@H]1[C@H]2C=C[C@@]3(CN(Cc4ccccc4Cl)C(=O)[C@@H]13)O2. The van der Waals surface area contributed by atoms with E-state index in [2.05, 4.69) is 12.2 Å². The van der Waals surface area contributed by atoms with Crippen LogP contribution < -0.4 is 5.32 Å². The fraction of sp³-hybridized carbons (Fsp3) is 0.500. The molecule has 3 aliphatic heterocycles. The highest BCUT2D eigenvalue weighted by atomic mass is 35.5. The molecule has 138 valence electrons. The Balaban J connectivity index is 1.53. The van der Waals surface area contributed by atoms with Gasteiger partial charge in [-0.3, -0.25) is 9.59 Å². The minimum absolute atomic E-state index is 0.0209. The van der Waals surface area contributed by atoms with Crippen molar-refractivity contribution >= 4 is 23.4 Å². The molecule has 1 aromatic rings. The van der Waals surface area contributed by atoms with Crippen molar-refractivity contribution < 1.29 is 14.3 Å². The van der Waals surface area contributed by atoms with Gasteiger partial charge in [0, 0.05) is 18.1 Å². The van der Waals surface area contributed by atoms with Crippen LogP contribution in [0.2, 0.25) is 5.02 Å². The van der Waals surface area contributed by atoms with Crippen LogP contribution in [0.1, 0.15) is 25.3 Å². The lowest BCUT2D eigenvalue weighted by Gasteiger charge is -2.23. The van der Waals surface area contributed by atoms with Gasteiger partial charge in [0.25, 0.3) is 0 Å². The number of hydrogen-bond donors (Lipinski definition) is 1. The van der Waals surface area contributed by atoms with Crippen LogP contribution >= 0.6 is 11.6 Å². The summed E-state index contributed by atoms with van der Waals surface area (Å²) in [6, 6.07) is 7.52. The number of halogens is 1. The van der Waals surface area contributed by atoms with Crippen LogP contribution in [0.4, 0.5) is 0 Å². The van der Waals surface area contributed by atoms with Crippen LogP contribution in [0.15, 0.2) is 36.4 Å². The quantitative estimate of drug-likeness (QED) is 0.615. The van der Waals surface area contributed by atoms with E-state index < -0.39 is 17.4 Å². The number of carbonyl (C=O) groups excluding carboxylic acids is 2. The first-order valence-corrected chi connectivity index (χ1v) is 9.60. The van der Waals surface area contributed by atoms with Crippen LogP contribution in [-0.4, -0.2) is 41.5 Å². The number of likely N-dealkylation sites (tertiary alicyclic amines) is 1. The van der Waals surface area contributed by atoms with Gasteiger partial charge < -0.3 is 15.0 Å². The third kappa shape index (κ3) is 2.74. The van der Waals surface area contributed by atoms with E-state index in [4.69, 9.17) is 16.3 Å². The fourth-order valence-electron chi connectivity index (χ4n) is 4.35. The monoisotopic (exact) mass is 374 g/mol. The molecule has 1 spiro atoms. The smallest absolute Gasteiger partial charge is 0.230 e. The number of rotatable bonds is 6. The van der Waals surface area contributed by atoms with Gasteiger partial charge in [-0.2, -0.15) is 0 Å². The molecule has 2 bridgehead atoms. The lowest BCUT2D eigenvalue weighted by Crippen LogP contribution is -2.44. The summed E-state index contributed by atoms with van der Waals surface area (Å²) in [6.45, 7) is 3.62. The number of amides is 2. The molecule has 2 saturated heterocycles. The van der Waals surface area contributed by atoms with E-state index in [0.29, 0.717) is 24.7 Å². The number of benzene rings is 1. The van der Waals surface area contributed by atoms with Crippen molar-refractivity contribution in [3.05, 3.63) is 47.0 Å². The molecule has 5 nitrogen and oxygen atoms in total. The van der Waals surface area contributed by atoms with Crippen LogP contribution in [0.25, 0.3) is 0 Å². The Hall–Kier alpha value is -1.85. The maximum absolute atomic E-state index is 13.1. The first-order chi connectivity index (χ1) is 12.6. The van der Waals surface area contributed by atoms with Gasteiger partial charge in [0.15, 0.2) is 0 Å². The minimum atomic E-state index is -0.671. The number of nitrogens with one attached hydrogen (secondary N) is 1. The third-order valence-corrected chi connectivity index (χ3v) is 6.00. The third-order valence-electron chi connectivity index (χ3n) is 5.63. The van der Waals surface area contributed by atoms with Crippen molar-refractivity contribution in [3.8, 4) is 0 Å². The van der Waals surface area contributed by atoms with E-state index in [1.807, 2.05) is 36.4 Å². The maximum atomic E-state index is 13.1. The Kier molecular flexibility index (Phi) is 4.53. The summed E-state index contributed by atoms with van der Waals surface area (Å²) in [7, 11) is 0. The van der Waals surface area contributed by atoms with Gasteiger partial charge in [-0.05, 0) is 18.1 Å². The molecule has 2 fully saturated rings. The fourth-order valence-corrected chi connectivity index (χ4v) is 4.55. The number of unbranched alkanes of at least 4 members (excludes halogenated alkanes) is 1. The minimum Gasteiger partial charge on any atom is -0.360 e. The molecule has 4 atom stereocenters. The highest BCUT2D eigenvalue weighted by Crippen LogP contribution is 2.52. The second-order valence-corrected chi connectivity index (χ2v) is 7.74. The first kappa shape index (κ1) is 17.6. The molecule has 6 heteroatoms. The van der Waals surface area contributed by atoms with E-state index in [0.717, 1.165) is 18.4 Å².